The van der Waals surface area contributed by atoms with E-state index in [2.05, 4.69) is 13.8 Å². The Balaban J connectivity index is 2.42. The van der Waals surface area contributed by atoms with Gasteiger partial charge in [0.05, 0.1) is 6.10 Å². The molecule has 1 aliphatic rings. The highest BCUT2D eigenvalue weighted by molar-refractivity contribution is 6.18. The van der Waals surface area contributed by atoms with Crippen molar-refractivity contribution in [1.29, 1.82) is 0 Å². The third-order valence-electron chi connectivity index (χ3n) is 3.02. The van der Waals surface area contributed by atoms with Gasteiger partial charge in [-0.05, 0) is 37.5 Å². The number of alkyl halides is 1. The van der Waals surface area contributed by atoms with Crippen LogP contribution in [0.5, 0.6) is 0 Å². The van der Waals surface area contributed by atoms with Crippen LogP contribution in [0.2, 0.25) is 0 Å². The zero-order chi connectivity index (χ0) is 9.19. The second-order valence-electron chi connectivity index (χ2n) is 4.31. The van der Waals surface area contributed by atoms with Gasteiger partial charge in [0.15, 0.2) is 0 Å². The van der Waals surface area contributed by atoms with Gasteiger partial charge < -0.3 is 4.74 Å². The zero-order valence-corrected chi connectivity index (χ0v) is 9.03. The monoisotopic (exact) mass is 190 g/mol. The fourth-order valence-corrected chi connectivity index (χ4v) is 2.18. The van der Waals surface area contributed by atoms with E-state index in [-0.39, 0.29) is 0 Å². The molecule has 0 spiro atoms. The van der Waals surface area contributed by atoms with Crippen LogP contribution in [0.25, 0.3) is 0 Å². The summed E-state index contributed by atoms with van der Waals surface area (Å²) in [5, 5.41) is 0. The van der Waals surface area contributed by atoms with Gasteiger partial charge >= 0.3 is 0 Å². The van der Waals surface area contributed by atoms with Crippen LogP contribution in [0.15, 0.2) is 0 Å². The number of ether oxygens (including phenoxy) is 1. The minimum atomic E-state index is 0.316. The van der Waals surface area contributed by atoms with Crippen LogP contribution in [0.3, 0.4) is 0 Å². The van der Waals surface area contributed by atoms with Crippen molar-refractivity contribution in [2.75, 3.05) is 13.0 Å². The van der Waals surface area contributed by atoms with Crippen molar-refractivity contribution in [3.8, 4) is 0 Å². The minimum Gasteiger partial charge on any atom is -0.382 e. The lowest BCUT2D eigenvalue weighted by Gasteiger charge is -2.29. The van der Waals surface area contributed by atoms with E-state index in [4.69, 9.17) is 16.3 Å². The van der Waals surface area contributed by atoms with Crippen LogP contribution >= 0.6 is 11.6 Å². The molecule has 0 aromatic heterocycles. The third kappa shape index (κ3) is 2.37. The standard InChI is InChI=1S/C10H19ClO/c1-8(12-3)6-10(2,7-11)9-4-5-9/h8-9H,4-7H2,1-3H3. The Morgan fingerprint density at radius 2 is 2.17 bits per heavy atom. The summed E-state index contributed by atoms with van der Waals surface area (Å²) in [6.07, 6.45) is 4.16. The van der Waals surface area contributed by atoms with E-state index in [1.54, 1.807) is 7.11 Å². The quantitative estimate of drug-likeness (QED) is 0.606. The maximum absolute atomic E-state index is 5.99. The van der Waals surface area contributed by atoms with Crippen molar-refractivity contribution >= 4 is 11.6 Å². The lowest BCUT2D eigenvalue weighted by atomic mass is 9.82. The summed E-state index contributed by atoms with van der Waals surface area (Å²) >= 11 is 5.99. The molecule has 1 rings (SSSR count). The van der Waals surface area contributed by atoms with Crippen LogP contribution in [-0.4, -0.2) is 19.1 Å². The molecule has 0 aliphatic heterocycles. The van der Waals surface area contributed by atoms with Crippen molar-refractivity contribution in [1.82, 2.24) is 0 Å². The first kappa shape index (κ1) is 10.3. The Labute approximate surface area is 80.4 Å². The molecular formula is C10H19ClO. The van der Waals surface area contributed by atoms with Gasteiger partial charge in [0.25, 0.3) is 0 Å². The maximum atomic E-state index is 5.99. The van der Waals surface area contributed by atoms with Crippen LogP contribution in [-0.2, 0) is 4.74 Å². The summed E-state index contributed by atoms with van der Waals surface area (Å²) in [6.45, 7) is 4.40. The first-order valence-electron chi connectivity index (χ1n) is 4.71. The van der Waals surface area contributed by atoms with E-state index in [0.717, 1.165) is 18.2 Å². The zero-order valence-electron chi connectivity index (χ0n) is 8.27. The minimum absolute atomic E-state index is 0.316. The van der Waals surface area contributed by atoms with Gasteiger partial charge in [-0.3, -0.25) is 0 Å². The van der Waals surface area contributed by atoms with Crippen LogP contribution < -0.4 is 0 Å². The van der Waals surface area contributed by atoms with Crippen LogP contribution in [0, 0.1) is 11.3 Å². The molecule has 0 aromatic carbocycles. The van der Waals surface area contributed by atoms with Crippen molar-refractivity contribution in [3.63, 3.8) is 0 Å². The smallest absolute Gasteiger partial charge is 0.0548 e. The lowest BCUT2D eigenvalue weighted by molar-refractivity contribution is 0.0694. The number of hydrogen-bond donors (Lipinski definition) is 0. The fourth-order valence-electron chi connectivity index (χ4n) is 1.85. The molecule has 12 heavy (non-hydrogen) atoms. The molecule has 0 N–H and O–H groups in total. The molecule has 1 fully saturated rings. The summed E-state index contributed by atoms with van der Waals surface area (Å²) in [6, 6.07) is 0. The van der Waals surface area contributed by atoms with Crippen molar-refractivity contribution in [3.05, 3.63) is 0 Å². The molecule has 0 amide bonds. The highest BCUT2D eigenvalue weighted by Crippen LogP contribution is 2.48. The van der Waals surface area contributed by atoms with Gasteiger partial charge in [-0.2, -0.15) is 0 Å². The summed E-state index contributed by atoms with van der Waals surface area (Å²) in [7, 11) is 1.77. The third-order valence-corrected chi connectivity index (χ3v) is 3.63. The summed E-state index contributed by atoms with van der Waals surface area (Å²) in [5.41, 5.74) is 0.316. The van der Waals surface area contributed by atoms with E-state index in [1.165, 1.54) is 12.8 Å². The Kier molecular flexibility index (Phi) is 3.42. The van der Waals surface area contributed by atoms with Gasteiger partial charge in [0, 0.05) is 13.0 Å². The molecule has 0 radical (unpaired) electrons. The molecule has 2 atom stereocenters. The normalized spacial score (nSPS) is 25.0. The topological polar surface area (TPSA) is 9.23 Å². The predicted molar refractivity (Wildman–Crippen MR) is 52.6 cm³/mol. The largest absolute Gasteiger partial charge is 0.382 e. The Hall–Kier alpha value is 0.250. The van der Waals surface area contributed by atoms with Gasteiger partial charge in [-0.25, -0.2) is 0 Å². The van der Waals surface area contributed by atoms with E-state index < -0.39 is 0 Å². The second kappa shape index (κ2) is 3.97. The van der Waals surface area contributed by atoms with Gasteiger partial charge in [0.2, 0.25) is 0 Å². The highest BCUT2D eigenvalue weighted by atomic mass is 35.5. The number of halogens is 1. The molecule has 72 valence electrons. The Bertz CT molecular complexity index is 145. The first-order chi connectivity index (χ1) is 5.62. The number of hydrogen-bond acceptors (Lipinski definition) is 1. The van der Waals surface area contributed by atoms with E-state index >= 15 is 0 Å². The molecule has 0 bridgehead atoms. The summed E-state index contributed by atoms with van der Waals surface area (Å²) < 4.78 is 5.27. The molecule has 1 aliphatic carbocycles. The summed E-state index contributed by atoms with van der Waals surface area (Å²) in [5.74, 6) is 1.62. The molecule has 0 aromatic rings. The Morgan fingerprint density at radius 3 is 2.50 bits per heavy atom. The van der Waals surface area contributed by atoms with E-state index in [9.17, 15) is 0 Å². The molecule has 0 saturated heterocycles. The summed E-state index contributed by atoms with van der Waals surface area (Å²) in [4.78, 5) is 0. The average Bonchev–Trinajstić information content (AvgIpc) is 2.86. The molecule has 2 unspecified atom stereocenters. The fraction of sp³-hybridized carbons (Fsp3) is 1.00. The lowest BCUT2D eigenvalue weighted by Crippen LogP contribution is -2.27. The van der Waals surface area contributed by atoms with Gasteiger partial charge in [0.1, 0.15) is 0 Å². The Morgan fingerprint density at radius 1 is 1.58 bits per heavy atom. The number of rotatable bonds is 5. The van der Waals surface area contributed by atoms with Crippen molar-refractivity contribution in [2.24, 2.45) is 11.3 Å². The molecule has 0 heterocycles. The van der Waals surface area contributed by atoms with Gasteiger partial charge in [-0.1, -0.05) is 6.92 Å². The molecular weight excluding hydrogens is 172 g/mol. The van der Waals surface area contributed by atoms with E-state index in [0.29, 0.717) is 11.5 Å². The average molecular weight is 191 g/mol. The van der Waals surface area contributed by atoms with Gasteiger partial charge in [-0.15, -0.1) is 11.6 Å². The van der Waals surface area contributed by atoms with E-state index in [1.807, 2.05) is 0 Å². The molecule has 2 heteroatoms. The highest BCUT2D eigenvalue weighted by Gasteiger charge is 2.41. The van der Waals surface area contributed by atoms with Crippen molar-refractivity contribution < 1.29 is 4.74 Å². The van der Waals surface area contributed by atoms with Crippen LogP contribution in [0.4, 0.5) is 0 Å². The second-order valence-corrected chi connectivity index (χ2v) is 4.58. The predicted octanol–water partition coefficient (Wildman–Crippen LogP) is 3.07. The maximum Gasteiger partial charge on any atom is 0.0548 e. The molecule has 1 saturated carbocycles. The van der Waals surface area contributed by atoms with Crippen molar-refractivity contribution in [2.45, 2.75) is 39.2 Å². The van der Waals surface area contributed by atoms with Crippen LogP contribution in [0.1, 0.15) is 33.1 Å². The SMILES string of the molecule is COC(C)CC(C)(CCl)C1CC1. The first-order valence-corrected chi connectivity index (χ1v) is 5.24. The number of methoxy groups -OCH3 is 1. The molecule has 1 nitrogen and oxygen atoms in total.